The normalized spacial score (nSPS) is 14.9. The van der Waals surface area contributed by atoms with Crippen LogP contribution >= 0.6 is 0 Å². The van der Waals surface area contributed by atoms with Crippen molar-refractivity contribution in [1.29, 1.82) is 0 Å². The van der Waals surface area contributed by atoms with Gasteiger partial charge in [-0.15, -0.1) is 0 Å². The summed E-state index contributed by atoms with van der Waals surface area (Å²) in [7, 11) is 0. The zero-order valence-electron chi connectivity index (χ0n) is 10.6. The molecule has 1 heteroatoms. The van der Waals surface area contributed by atoms with Gasteiger partial charge in [0.2, 0.25) is 0 Å². The summed E-state index contributed by atoms with van der Waals surface area (Å²) in [5, 5.41) is 3.48. The minimum atomic E-state index is 0.674. The minimum Gasteiger partial charge on any atom is -0.313 e. The summed E-state index contributed by atoms with van der Waals surface area (Å²) in [6.07, 6.45) is 4.89. The van der Waals surface area contributed by atoms with Gasteiger partial charge < -0.3 is 5.32 Å². The highest BCUT2D eigenvalue weighted by atomic mass is 14.8. The summed E-state index contributed by atoms with van der Waals surface area (Å²) in [4.78, 5) is 0. The van der Waals surface area contributed by atoms with Gasteiger partial charge in [-0.2, -0.15) is 0 Å². The third-order valence-corrected chi connectivity index (χ3v) is 2.64. The molecule has 1 N–H and O–H groups in total. The van der Waals surface area contributed by atoms with Crippen LogP contribution in [-0.4, -0.2) is 13.1 Å². The molecule has 1 unspecified atom stereocenters. The molecule has 0 amide bonds. The van der Waals surface area contributed by atoms with E-state index in [1.165, 1.54) is 12.8 Å². The van der Waals surface area contributed by atoms with Gasteiger partial charge in [0.05, 0.1) is 0 Å². The Bertz CT molecular complexity index is 159. The molecule has 0 aliphatic rings. The molecule has 0 saturated heterocycles. The maximum Gasteiger partial charge on any atom is 0.0167 e. The standard InChI is InChI=1S/C13H27N/c1-6-8-14-10-13(11(3)4)9-12(5)7-2/h9,11-12,14H,6-8,10H2,1-5H3/b13-9+. The van der Waals surface area contributed by atoms with Gasteiger partial charge in [-0.05, 0) is 24.8 Å². The lowest BCUT2D eigenvalue weighted by atomic mass is 9.97. The fourth-order valence-electron chi connectivity index (χ4n) is 1.35. The quantitative estimate of drug-likeness (QED) is 0.485. The second kappa shape index (κ2) is 8.05. The van der Waals surface area contributed by atoms with Crippen LogP contribution in [0.5, 0.6) is 0 Å². The molecule has 0 heterocycles. The molecular formula is C13H27N. The second-order valence-electron chi connectivity index (χ2n) is 4.46. The van der Waals surface area contributed by atoms with Gasteiger partial charge in [-0.25, -0.2) is 0 Å². The first-order chi connectivity index (χ1) is 6.61. The second-order valence-corrected chi connectivity index (χ2v) is 4.46. The highest BCUT2D eigenvalue weighted by molar-refractivity contribution is 5.08. The summed E-state index contributed by atoms with van der Waals surface area (Å²) >= 11 is 0. The summed E-state index contributed by atoms with van der Waals surface area (Å²) < 4.78 is 0. The Morgan fingerprint density at radius 3 is 2.29 bits per heavy atom. The molecule has 0 spiro atoms. The van der Waals surface area contributed by atoms with Crippen molar-refractivity contribution in [1.82, 2.24) is 5.32 Å². The van der Waals surface area contributed by atoms with Crippen molar-refractivity contribution in [3.8, 4) is 0 Å². The van der Waals surface area contributed by atoms with Gasteiger partial charge in [-0.1, -0.05) is 52.7 Å². The Morgan fingerprint density at radius 2 is 1.86 bits per heavy atom. The third-order valence-electron chi connectivity index (χ3n) is 2.64. The average molecular weight is 197 g/mol. The highest BCUT2D eigenvalue weighted by Gasteiger charge is 2.04. The molecule has 0 aliphatic carbocycles. The van der Waals surface area contributed by atoms with E-state index in [1.54, 1.807) is 5.57 Å². The maximum atomic E-state index is 3.48. The number of rotatable bonds is 7. The van der Waals surface area contributed by atoms with E-state index in [-0.39, 0.29) is 0 Å². The van der Waals surface area contributed by atoms with E-state index in [9.17, 15) is 0 Å². The first-order valence-electron chi connectivity index (χ1n) is 6.03. The van der Waals surface area contributed by atoms with Gasteiger partial charge in [0.1, 0.15) is 0 Å². The van der Waals surface area contributed by atoms with Crippen LogP contribution in [0.25, 0.3) is 0 Å². The first-order valence-corrected chi connectivity index (χ1v) is 6.03. The van der Waals surface area contributed by atoms with E-state index in [0.29, 0.717) is 5.92 Å². The van der Waals surface area contributed by atoms with E-state index >= 15 is 0 Å². The van der Waals surface area contributed by atoms with Crippen LogP contribution < -0.4 is 5.32 Å². The molecule has 0 aromatic carbocycles. The maximum absolute atomic E-state index is 3.48. The average Bonchev–Trinajstić information content (AvgIpc) is 2.16. The number of nitrogens with one attached hydrogen (secondary N) is 1. The van der Waals surface area contributed by atoms with Crippen LogP contribution in [0.4, 0.5) is 0 Å². The van der Waals surface area contributed by atoms with Crippen molar-refractivity contribution in [3.05, 3.63) is 11.6 Å². The van der Waals surface area contributed by atoms with Crippen molar-refractivity contribution in [2.75, 3.05) is 13.1 Å². The number of allylic oxidation sites excluding steroid dienone is 1. The van der Waals surface area contributed by atoms with E-state index in [2.05, 4.69) is 46.0 Å². The van der Waals surface area contributed by atoms with Crippen LogP contribution in [0.1, 0.15) is 47.5 Å². The van der Waals surface area contributed by atoms with Crippen LogP contribution in [0.2, 0.25) is 0 Å². The van der Waals surface area contributed by atoms with Gasteiger partial charge in [0, 0.05) is 6.54 Å². The van der Waals surface area contributed by atoms with Crippen LogP contribution in [0.15, 0.2) is 11.6 Å². The van der Waals surface area contributed by atoms with E-state index in [0.717, 1.165) is 19.0 Å². The molecule has 1 atom stereocenters. The van der Waals surface area contributed by atoms with Gasteiger partial charge >= 0.3 is 0 Å². The zero-order valence-corrected chi connectivity index (χ0v) is 10.6. The van der Waals surface area contributed by atoms with Crippen molar-refractivity contribution < 1.29 is 0 Å². The molecule has 0 saturated carbocycles. The van der Waals surface area contributed by atoms with Crippen molar-refractivity contribution >= 4 is 0 Å². The predicted octanol–water partition coefficient (Wildman–Crippen LogP) is 3.61. The third kappa shape index (κ3) is 6.20. The number of hydrogen-bond acceptors (Lipinski definition) is 1. The molecule has 0 aromatic rings. The summed E-state index contributed by atoms with van der Waals surface area (Å²) in [6, 6.07) is 0. The molecule has 1 nitrogen and oxygen atoms in total. The van der Waals surface area contributed by atoms with Crippen LogP contribution in [0, 0.1) is 11.8 Å². The lowest BCUT2D eigenvalue weighted by Gasteiger charge is -2.14. The van der Waals surface area contributed by atoms with Gasteiger partial charge in [-0.3, -0.25) is 0 Å². The minimum absolute atomic E-state index is 0.674. The molecule has 0 aliphatic heterocycles. The zero-order chi connectivity index (χ0) is 11.0. The molecule has 84 valence electrons. The lowest BCUT2D eigenvalue weighted by molar-refractivity contribution is 0.622. The fourth-order valence-corrected chi connectivity index (χ4v) is 1.35. The smallest absolute Gasteiger partial charge is 0.0167 e. The van der Waals surface area contributed by atoms with Gasteiger partial charge in [0.15, 0.2) is 0 Å². The summed E-state index contributed by atoms with van der Waals surface area (Å²) in [6.45, 7) is 13.5. The largest absolute Gasteiger partial charge is 0.313 e. The Morgan fingerprint density at radius 1 is 1.21 bits per heavy atom. The molecule has 14 heavy (non-hydrogen) atoms. The van der Waals surface area contributed by atoms with E-state index in [1.807, 2.05) is 0 Å². The first kappa shape index (κ1) is 13.7. The molecule has 0 rings (SSSR count). The molecule has 0 radical (unpaired) electrons. The van der Waals surface area contributed by atoms with Crippen molar-refractivity contribution in [2.24, 2.45) is 11.8 Å². The van der Waals surface area contributed by atoms with Crippen LogP contribution in [0.3, 0.4) is 0 Å². The lowest BCUT2D eigenvalue weighted by Crippen LogP contribution is -2.20. The monoisotopic (exact) mass is 197 g/mol. The number of hydrogen-bond donors (Lipinski definition) is 1. The highest BCUT2D eigenvalue weighted by Crippen LogP contribution is 2.13. The Balaban J connectivity index is 4.07. The summed E-state index contributed by atoms with van der Waals surface area (Å²) in [5.74, 6) is 1.39. The predicted molar refractivity (Wildman–Crippen MR) is 65.5 cm³/mol. The molecule has 0 fully saturated rings. The van der Waals surface area contributed by atoms with E-state index in [4.69, 9.17) is 0 Å². The van der Waals surface area contributed by atoms with E-state index < -0.39 is 0 Å². The summed E-state index contributed by atoms with van der Waals surface area (Å²) in [5.41, 5.74) is 1.56. The topological polar surface area (TPSA) is 12.0 Å². The molecule has 0 bridgehead atoms. The van der Waals surface area contributed by atoms with Crippen molar-refractivity contribution in [2.45, 2.75) is 47.5 Å². The fraction of sp³-hybridized carbons (Fsp3) is 0.846. The molecular weight excluding hydrogens is 170 g/mol. The van der Waals surface area contributed by atoms with Crippen molar-refractivity contribution in [3.63, 3.8) is 0 Å². The van der Waals surface area contributed by atoms with Crippen LogP contribution in [-0.2, 0) is 0 Å². The Hall–Kier alpha value is -0.300. The Labute approximate surface area is 90.0 Å². The SMILES string of the molecule is CCCNC/C(=C\C(C)CC)C(C)C. The molecule has 0 aromatic heterocycles. The van der Waals surface area contributed by atoms with Gasteiger partial charge in [0.25, 0.3) is 0 Å². The Kier molecular flexibility index (Phi) is 7.87.